The van der Waals surface area contributed by atoms with E-state index in [1.165, 1.54) is 65.7 Å². The van der Waals surface area contributed by atoms with E-state index in [4.69, 9.17) is 0 Å². The van der Waals surface area contributed by atoms with Crippen molar-refractivity contribution in [2.24, 2.45) is 4.99 Å². The quantitative estimate of drug-likeness (QED) is 0.172. The molecular weight excluding hydrogens is 627 g/mol. The summed E-state index contributed by atoms with van der Waals surface area (Å²) < 4.78 is 73.7. The highest BCUT2D eigenvalue weighted by Crippen LogP contribution is 2.27. The van der Waals surface area contributed by atoms with Gasteiger partial charge in [-0.2, -0.15) is 4.99 Å². The van der Waals surface area contributed by atoms with E-state index < -0.39 is 24.6 Å². The molecule has 2 atom stereocenters. The third-order valence-electron chi connectivity index (χ3n) is 7.03. The maximum absolute atomic E-state index is 15.4. The molecule has 14 heteroatoms. The minimum Gasteiger partial charge on any atom is -0.406 e. The number of alkyl halides is 4. The number of nitrogens with one attached hydrogen (secondary N) is 1. The van der Waals surface area contributed by atoms with E-state index in [0.717, 1.165) is 11.3 Å². The lowest BCUT2D eigenvalue weighted by Gasteiger charge is -2.18. The van der Waals surface area contributed by atoms with Gasteiger partial charge in [0.2, 0.25) is 0 Å². The van der Waals surface area contributed by atoms with Crippen LogP contribution >= 0.6 is 11.3 Å². The molecular formula is C32H29F5N6O2S. The van der Waals surface area contributed by atoms with E-state index in [1.807, 2.05) is 26.2 Å². The van der Waals surface area contributed by atoms with Crippen molar-refractivity contribution in [3.8, 4) is 28.5 Å². The molecule has 2 heterocycles. The van der Waals surface area contributed by atoms with Crippen molar-refractivity contribution in [2.45, 2.75) is 52.2 Å². The van der Waals surface area contributed by atoms with E-state index in [0.29, 0.717) is 33.1 Å². The van der Waals surface area contributed by atoms with Gasteiger partial charge in [-0.05, 0) is 73.4 Å². The van der Waals surface area contributed by atoms with Crippen LogP contribution in [0.4, 0.5) is 26.7 Å². The molecule has 240 valence electrons. The SMILES string of the molecule is Cc1cs/c(=N\C(=O)NC(C)C(F)c2ccc(-c3ncn(-c4ccc(OC(F)(F)F)cc4)n3)cc2)n1-c1ccc(F)cc1C(C)C. The van der Waals surface area contributed by atoms with E-state index in [9.17, 15) is 22.4 Å². The number of thiazole rings is 1. The van der Waals surface area contributed by atoms with Crippen molar-refractivity contribution in [3.05, 3.63) is 106 Å². The first-order valence-electron chi connectivity index (χ1n) is 14.1. The van der Waals surface area contributed by atoms with E-state index in [-0.39, 0.29) is 17.5 Å². The van der Waals surface area contributed by atoms with Crippen molar-refractivity contribution >= 4 is 17.4 Å². The summed E-state index contributed by atoms with van der Waals surface area (Å²) in [6, 6.07) is 14.4. The van der Waals surface area contributed by atoms with Crippen LogP contribution in [0.1, 0.15) is 49.7 Å². The number of hydrogen-bond donors (Lipinski definition) is 1. The standard InChI is InChI=1S/C32H29F5N6O2S/c1-18(2)26-15-23(33)9-14-27(26)43-19(3)16-46-31(43)40-30(44)39-20(4)28(34)21-5-7-22(8-6-21)29-38-17-42(41-29)24-10-12-25(13-11-24)45-32(35,36)37/h5-18,20,28H,1-4H3,(H,39,44)/b40-31-. The van der Waals surface area contributed by atoms with Gasteiger partial charge in [0.1, 0.15) is 24.1 Å². The van der Waals surface area contributed by atoms with Crippen LogP contribution < -0.4 is 14.9 Å². The summed E-state index contributed by atoms with van der Waals surface area (Å²) in [5.41, 5.74) is 3.65. The average molecular weight is 657 g/mol. The molecule has 5 aromatic rings. The molecule has 0 saturated heterocycles. The molecule has 0 aliphatic heterocycles. The Morgan fingerprint density at radius 1 is 1.02 bits per heavy atom. The zero-order valence-electron chi connectivity index (χ0n) is 25.1. The molecule has 46 heavy (non-hydrogen) atoms. The van der Waals surface area contributed by atoms with Crippen LogP contribution in [0.2, 0.25) is 0 Å². The molecule has 8 nitrogen and oxygen atoms in total. The van der Waals surface area contributed by atoms with E-state index in [1.54, 1.807) is 34.9 Å². The minimum atomic E-state index is -4.79. The number of ether oxygens (including phenoxy) is 1. The van der Waals surface area contributed by atoms with Gasteiger partial charge in [-0.1, -0.05) is 38.1 Å². The van der Waals surface area contributed by atoms with E-state index in [2.05, 4.69) is 25.1 Å². The second kappa shape index (κ2) is 13.3. The van der Waals surface area contributed by atoms with Crippen molar-refractivity contribution in [3.63, 3.8) is 0 Å². The Kier molecular flexibility index (Phi) is 9.37. The molecule has 0 aliphatic carbocycles. The number of carbonyl (C=O) groups excluding carboxylic acids is 1. The Labute approximate surface area is 264 Å². The van der Waals surface area contributed by atoms with Crippen LogP contribution in [0.5, 0.6) is 5.75 Å². The summed E-state index contributed by atoms with van der Waals surface area (Å²) in [7, 11) is 0. The summed E-state index contributed by atoms with van der Waals surface area (Å²) in [6.45, 7) is 7.29. The lowest BCUT2D eigenvalue weighted by atomic mass is 10.0. The highest BCUT2D eigenvalue weighted by molar-refractivity contribution is 7.07. The smallest absolute Gasteiger partial charge is 0.406 e. The fourth-order valence-corrected chi connectivity index (χ4v) is 5.63. The fraction of sp³-hybridized carbons (Fsp3) is 0.250. The molecule has 0 spiro atoms. The van der Waals surface area contributed by atoms with Gasteiger partial charge in [-0.3, -0.25) is 4.57 Å². The summed E-state index contributed by atoms with van der Waals surface area (Å²) >= 11 is 1.25. The third-order valence-corrected chi connectivity index (χ3v) is 7.98. The van der Waals surface area contributed by atoms with Gasteiger partial charge in [0.05, 0.1) is 17.4 Å². The lowest BCUT2D eigenvalue weighted by Crippen LogP contribution is -2.35. The molecule has 0 saturated carbocycles. The van der Waals surface area contributed by atoms with Gasteiger partial charge in [0.15, 0.2) is 10.6 Å². The Morgan fingerprint density at radius 2 is 1.72 bits per heavy atom. The fourth-order valence-electron chi connectivity index (χ4n) is 4.77. The molecule has 2 amide bonds. The van der Waals surface area contributed by atoms with E-state index >= 15 is 4.39 Å². The predicted molar refractivity (Wildman–Crippen MR) is 163 cm³/mol. The monoisotopic (exact) mass is 656 g/mol. The average Bonchev–Trinajstić information content (AvgIpc) is 3.63. The first kappa shape index (κ1) is 32.5. The van der Waals surface area contributed by atoms with Crippen LogP contribution in [0.25, 0.3) is 22.8 Å². The molecule has 2 aromatic heterocycles. The summed E-state index contributed by atoms with van der Waals surface area (Å²) in [4.78, 5) is 21.7. The summed E-state index contributed by atoms with van der Waals surface area (Å²) in [5, 5.41) is 8.79. The van der Waals surface area contributed by atoms with Gasteiger partial charge in [-0.25, -0.2) is 23.2 Å². The van der Waals surface area contributed by atoms with Crippen molar-refractivity contribution in [2.75, 3.05) is 0 Å². The zero-order chi connectivity index (χ0) is 33.2. The normalized spacial score (nSPS) is 13.6. The first-order valence-corrected chi connectivity index (χ1v) is 15.0. The number of hydrogen-bond acceptors (Lipinski definition) is 5. The van der Waals surface area contributed by atoms with Crippen LogP contribution in [0, 0.1) is 12.7 Å². The molecule has 0 fully saturated rings. The van der Waals surface area contributed by atoms with Crippen LogP contribution in [0.15, 0.2) is 83.4 Å². The number of rotatable bonds is 8. The highest BCUT2D eigenvalue weighted by atomic mass is 32.1. The largest absolute Gasteiger partial charge is 0.573 e. The van der Waals surface area contributed by atoms with Crippen molar-refractivity contribution in [1.29, 1.82) is 0 Å². The molecule has 0 aliphatic rings. The maximum Gasteiger partial charge on any atom is 0.573 e. The number of urea groups is 1. The Bertz CT molecular complexity index is 1900. The number of aromatic nitrogens is 4. The van der Waals surface area contributed by atoms with Gasteiger partial charge < -0.3 is 10.1 Å². The van der Waals surface area contributed by atoms with Crippen molar-refractivity contribution in [1.82, 2.24) is 24.6 Å². The van der Waals surface area contributed by atoms with Crippen LogP contribution in [-0.4, -0.2) is 37.8 Å². The topological polar surface area (TPSA) is 86.3 Å². The number of carbonyl (C=O) groups is 1. The Morgan fingerprint density at radius 3 is 2.37 bits per heavy atom. The van der Waals surface area contributed by atoms with Gasteiger partial charge in [0.25, 0.3) is 0 Å². The second-order valence-electron chi connectivity index (χ2n) is 10.8. The molecule has 3 aromatic carbocycles. The molecule has 1 N–H and O–H groups in total. The number of amides is 2. The number of nitrogens with zero attached hydrogens (tertiary/aromatic N) is 5. The van der Waals surface area contributed by atoms with Crippen LogP contribution in [-0.2, 0) is 0 Å². The minimum absolute atomic E-state index is 0.0203. The number of benzene rings is 3. The lowest BCUT2D eigenvalue weighted by molar-refractivity contribution is -0.274. The van der Waals surface area contributed by atoms with Gasteiger partial charge >= 0.3 is 12.4 Å². The number of halogens is 5. The molecule has 0 bridgehead atoms. The van der Waals surface area contributed by atoms with Gasteiger partial charge in [-0.15, -0.1) is 29.6 Å². The molecule has 2 unspecified atom stereocenters. The third kappa shape index (κ3) is 7.50. The highest BCUT2D eigenvalue weighted by Gasteiger charge is 2.31. The Balaban J connectivity index is 1.26. The summed E-state index contributed by atoms with van der Waals surface area (Å²) in [6.07, 6.45) is -4.94. The first-order chi connectivity index (χ1) is 21.8. The second-order valence-corrected chi connectivity index (χ2v) is 11.6. The van der Waals surface area contributed by atoms with Crippen LogP contribution in [0.3, 0.4) is 0 Å². The Hall–Kier alpha value is -4.85. The van der Waals surface area contributed by atoms with Gasteiger partial charge in [0, 0.05) is 16.6 Å². The summed E-state index contributed by atoms with van der Waals surface area (Å²) in [5.74, 6) is -0.375. The van der Waals surface area contributed by atoms with Crippen molar-refractivity contribution < 1.29 is 31.5 Å². The maximum atomic E-state index is 15.4. The number of aryl methyl sites for hydroxylation is 1. The molecule has 0 radical (unpaired) electrons. The zero-order valence-corrected chi connectivity index (χ0v) is 25.9. The predicted octanol–water partition coefficient (Wildman–Crippen LogP) is 7.97. The molecule has 5 rings (SSSR count).